The molecule has 20 heavy (non-hydrogen) atoms. The van der Waals surface area contributed by atoms with Crippen LogP contribution in [-0.2, 0) is 13.0 Å². The molecule has 0 fully saturated rings. The first-order valence-electron chi connectivity index (χ1n) is 6.75. The Morgan fingerprint density at radius 3 is 2.65 bits per heavy atom. The van der Waals surface area contributed by atoms with Crippen molar-refractivity contribution >= 4 is 11.0 Å². The maximum atomic E-state index is 9.21. The zero-order valence-corrected chi connectivity index (χ0v) is 11.4. The monoisotopic (exact) mass is 261 g/mol. The van der Waals surface area contributed by atoms with Crippen molar-refractivity contribution in [1.29, 1.82) is 5.26 Å². The van der Waals surface area contributed by atoms with Gasteiger partial charge in [-0.3, -0.25) is 0 Å². The van der Waals surface area contributed by atoms with Gasteiger partial charge in [0.2, 0.25) is 0 Å². The highest BCUT2D eigenvalue weighted by Gasteiger charge is 2.10. The van der Waals surface area contributed by atoms with Crippen LogP contribution in [0.5, 0.6) is 0 Å². The van der Waals surface area contributed by atoms with Crippen LogP contribution in [0.15, 0.2) is 48.5 Å². The Labute approximate surface area is 118 Å². The molecule has 0 unspecified atom stereocenters. The first kappa shape index (κ1) is 12.4. The number of imidazole rings is 1. The maximum absolute atomic E-state index is 9.21. The van der Waals surface area contributed by atoms with E-state index in [9.17, 15) is 5.26 Å². The summed E-state index contributed by atoms with van der Waals surface area (Å²) in [5.74, 6) is 1.05. The average molecular weight is 261 g/mol. The van der Waals surface area contributed by atoms with Crippen molar-refractivity contribution < 1.29 is 0 Å². The van der Waals surface area contributed by atoms with Crippen molar-refractivity contribution in [3.63, 3.8) is 0 Å². The van der Waals surface area contributed by atoms with Gasteiger partial charge in [0.05, 0.1) is 29.2 Å². The normalized spacial score (nSPS) is 10.6. The molecule has 0 spiro atoms. The number of fused-ring (bicyclic) bond motifs is 1. The van der Waals surface area contributed by atoms with Crippen LogP contribution in [0.3, 0.4) is 0 Å². The Bertz CT molecular complexity index is 793. The van der Waals surface area contributed by atoms with Gasteiger partial charge in [-0.15, -0.1) is 0 Å². The number of benzene rings is 2. The number of nitrogens with zero attached hydrogens (tertiary/aromatic N) is 3. The minimum absolute atomic E-state index is 0.688. The van der Waals surface area contributed by atoms with Crippen LogP contribution in [0.2, 0.25) is 0 Å². The predicted octanol–water partition coefficient (Wildman–Crippen LogP) is 3.52. The van der Waals surface area contributed by atoms with Crippen LogP contribution in [-0.4, -0.2) is 9.55 Å². The van der Waals surface area contributed by atoms with Gasteiger partial charge in [0.15, 0.2) is 0 Å². The van der Waals surface area contributed by atoms with Crippen molar-refractivity contribution in [2.24, 2.45) is 0 Å². The molecule has 1 aromatic heterocycles. The molecule has 0 aliphatic rings. The number of hydrogen-bond acceptors (Lipinski definition) is 2. The van der Waals surface area contributed by atoms with Gasteiger partial charge in [-0.05, 0) is 23.8 Å². The number of rotatable bonds is 3. The molecule has 0 saturated carbocycles. The van der Waals surface area contributed by atoms with E-state index in [2.05, 4.69) is 28.6 Å². The fourth-order valence-electron chi connectivity index (χ4n) is 2.51. The molecule has 3 aromatic rings. The summed E-state index contributed by atoms with van der Waals surface area (Å²) in [6.07, 6.45) is 0.878. The van der Waals surface area contributed by atoms with Crippen LogP contribution in [0.1, 0.15) is 23.9 Å². The summed E-state index contributed by atoms with van der Waals surface area (Å²) in [5, 5.41) is 9.21. The van der Waals surface area contributed by atoms with E-state index < -0.39 is 0 Å². The Kier molecular flexibility index (Phi) is 3.22. The number of nitriles is 1. The largest absolute Gasteiger partial charge is 0.323 e. The van der Waals surface area contributed by atoms with Crippen LogP contribution < -0.4 is 0 Å². The summed E-state index contributed by atoms with van der Waals surface area (Å²) in [6.45, 7) is 2.79. The van der Waals surface area contributed by atoms with Gasteiger partial charge in [-0.2, -0.15) is 5.26 Å². The summed E-state index contributed by atoms with van der Waals surface area (Å²) in [7, 11) is 0. The fraction of sp³-hybridized carbons (Fsp3) is 0.176. The third-order valence-corrected chi connectivity index (χ3v) is 3.52. The van der Waals surface area contributed by atoms with Crippen molar-refractivity contribution in [3.05, 3.63) is 65.5 Å². The fourth-order valence-corrected chi connectivity index (χ4v) is 2.51. The lowest BCUT2D eigenvalue weighted by molar-refractivity contribution is 0.752. The number of aryl methyl sites for hydroxylation is 1. The highest BCUT2D eigenvalue weighted by molar-refractivity contribution is 5.76. The van der Waals surface area contributed by atoms with E-state index in [0.29, 0.717) is 6.54 Å². The second-order valence-corrected chi connectivity index (χ2v) is 4.73. The summed E-state index contributed by atoms with van der Waals surface area (Å²) in [4.78, 5) is 4.66. The molecular weight excluding hydrogens is 246 g/mol. The van der Waals surface area contributed by atoms with Gasteiger partial charge < -0.3 is 4.57 Å². The van der Waals surface area contributed by atoms with Crippen molar-refractivity contribution in [2.75, 3.05) is 0 Å². The minimum atomic E-state index is 0.688. The Hall–Kier alpha value is -2.60. The molecule has 0 aliphatic carbocycles. The van der Waals surface area contributed by atoms with Crippen molar-refractivity contribution in [2.45, 2.75) is 19.9 Å². The highest BCUT2D eigenvalue weighted by atomic mass is 15.1. The Morgan fingerprint density at radius 2 is 1.85 bits per heavy atom. The van der Waals surface area contributed by atoms with E-state index in [1.54, 1.807) is 0 Å². The van der Waals surface area contributed by atoms with Crippen LogP contribution >= 0.6 is 0 Å². The predicted molar refractivity (Wildman–Crippen MR) is 79.4 cm³/mol. The highest BCUT2D eigenvalue weighted by Crippen LogP contribution is 2.19. The van der Waals surface area contributed by atoms with Gasteiger partial charge in [0, 0.05) is 6.42 Å². The molecule has 1 heterocycles. The second-order valence-electron chi connectivity index (χ2n) is 4.73. The zero-order chi connectivity index (χ0) is 13.9. The maximum Gasteiger partial charge on any atom is 0.109 e. The number of para-hydroxylation sites is 2. The van der Waals surface area contributed by atoms with Crippen molar-refractivity contribution in [1.82, 2.24) is 9.55 Å². The molecule has 3 nitrogen and oxygen atoms in total. The van der Waals surface area contributed by atoms with Gasteiger partial charge >= 0.3 is 0 Å². The van der Waals surface area contributed by atoms with Gasteiger partial charge in [0.25, 0.3) is 0 Å². The molecule has 3 rings (SSSR count). The lowest BCUT2D eigenvalue weighted by Crippen LogP contribution is -2.05. The Balaban J connectivity index is 2.13. The smallest absolute Gasteiger partial charge is 0.109 e. The Morgan fingerprint density at radius 1 is 1.10 bits per heavy atom. The first-order chi connectivity index (χ1) is 9.83. The van der Waals surface area contributed by atoms with E-state index >= 15 is 0 Å². The molecule has 3 heteroatoms. The second kappa shape index (κ2) is 5.18. The van der Waals surface area contributed by atoms with Gasteiger partial charge in [0.1, 0.15) is 5.82 Å². The molecular formula is C17H15N3. The molecule has 0 aliphatic heterocycles. The minimum Gasteiger partial charge on any atom is -0.323 e. The van der Waals surface area contributed by atoms with Gasteiger partial charge in [-0.25, -0.2) is 4.98 Å². The van der Waals surface area contributed by atoms with Crippen molar-refractivity contribution in [3.8, 4) is 6.07 Å². The van der Waals surface area contributed by atoms with E-state index in [4.69, 9.17) is 0 Å². The third kappa shape index (κ3) is 2.06. The standard InChI is InChI=1S/C17H15N3/c1-2-17-19-15-9-5-6-10-16(15)20(17)12-14-8-4-3-7-13(14)11-18/h3-10H,2,12H2,1H3. The SMILES string of the molecule is CCc1nc2ccccc2n1Cc1ccccc1C#N. The molecule has 0 bridgehead atoms. The first-order valence-corrected chi connectivity index (χ1v) is 6.75. The third-order valence-electron chi connectivity index (χ3n) is 3.52. The van der Waals surface area contributed by atoms with E-state index in [1.165, 1.54) is 0 Å². The molecule has 2 aromatic carbocycles. The lowest BCUT2D eigenvalue weighted by Gasteiger charge is -2.09. The van der Waals surface area contributed by atoms with E-state index in [0.717, 1.165) is 34.4 Å². The van der Waals surface area contributed by atoms with Gasteiger partial charge in [-0.1, -0.05) is 37.3 Å². The van der Waals surface area contributed by atoms with E-state index in [1.807, 2.05) is 42.5 Å². The summed E-state index contributed by atoms with van der Waals surface area (Å²) in [5.41, 5.74) is 3.90. The molecule has 0 saturated heterocycles. The average Bonchev–Trinajstić information content (AvgIpc) is 2.86. The molecule has 0 amide bonds. The summed E-state index contributed by atoms with van der Waals surface area (Å²) >= 11 is 0. The van der Waals surface area contributed by atoms with E-state index in [-0.39, 0.29) is 0 Å². The van der Waals surface area contributed by atoms with Crippen LogP contribution in [0.25, 0.3) is 11.0 Å². The molecule has 0 radical (unpaired) electrons. The zero-order valence-electron chi connectivity index (χ0n) is 11.4. The topological polar surface area (TPSA) is 41.6 Å². The van der Waals surface area contributed by atoms with Crippen LogP contribution in [0.4, 0.5) is 0 Å². The summed E-state index contributed by atoms with van der Waals surface area (Å²) < 4.78 is 2.20. The lowest BCUT2D eigenvalue weighted by atomic mass is 10.1. The van der Waals surface area contributed by atoms with Crippen LogP contribution in [0, 0.1) is 11.3 Å². The molecule has 98 valence electrons. The summed E-state index contributed by atoms with van der Waals surface area (Å²) in [6, 6.07) is 18.1. The molecule has 0 atom stereocenters. The molecule has 0 N–H and O–H groups in total. The quantitative estimate of drug-likeness (QED) is 0.724. The number of hydrogen-bond donors (Lipinski definition) is 0. The number of aromatic nitrogens is 2.